The molecular formula is C22H25N7OS. The summed E-state index contributed by atoms with van der Waals surface area (Å²) in [6, 6.07) is 12.6. The molecule has 1 aliphatic carbocycles. The Hall–Kier alpha value is -3.07. The molecule has 3 heterocycles. The molecule has 160 valence electrons. The van der Waals surface area contributed by atoms with Crippen molar-refractivity contribution >= 4 is 33.3 Å². The molecule has 1 saturated heterocycles. The quantitative estimate of drug-likeness (QED) is 0.612. The fourth-order valence-electron chi connectivity index (χ4n) is 4.52. The van der Waals surface area contributed by atoms with Crippen molar-refractivity contribution < 1.29 is 4.79 Å². The molecule has 1 unspecified atom stereocenters. The lowest BCUT2D eigenvalue weighted by atomic mass is 9.81. The van der Waals surface area contributed by atoms with Crippen LogP contribution in [0.4, 0.5) is 16.1 Å². The van der Waals surface area contributed by atoms with E-state index in [1.807, 2.05) is 12.1 Å². The van der Waals surface area contributed by atoms with E-state index in [4.69, 9.17) is 0 Å². The molecule has 0 spiro atoms. The van der Waals surface area contributed by atoms with Crippen LogP contribution in [0.15, 0.2) is 42.6 Å². The summed E-state index contributed by atoms with van der Waals surface area (Å²) in [4.78, 5) is 14.8. The third kappa shape index (κ3) is 4.66. The molecule has 1 fully saturated rings. The Morgan fingerprint density at radius 1 is 1.10 bits per heavy atom. The summed E-state index contributed by atoms with van der Waals surface area (Å²) in [6.45, 7) is 1.75. The number of hydrogen-bond acceptors (Lipinski definition) is 8. The molecule has 3 aromatic rings. The highest BCUT2D eigenvalue weighted by atomic mass is 32.1. The van der Waals surface area contributed by atoms with Crippen LogP contribution in [-0.2, 0) is 11.2 Å². The van der Waals surface area contributed by atoms with Gasteiger partial charge in [0.25, 0.3) is 0 Å². The lowest BCUT2D eigenvalue weighted by Crippen LogP contribution is -2.26. The van der Waals surface area contributed by atoms with E-state index in [-0.39, 0.29) is 17.9 Å². The van der Waals surface area contributed by atoms with Crippen LogP contribution in [0.2, 0.25) is 0 Å². The minimum Gasteiger partial charge on any atom is -0.355 e. The highest BCUT2D eigenvalue weighted by molar-refractivity contribution is 7.19. The summed E-state index contributed by atoms with van der Waals surface area (Å²) in [5.41, 5.74) is 2.69. The van der Waals surface area contributed by atoms with Gasteiger partial charge in [-0.05, 0) is 54.9 Å². The van der Waals surface area contributed by atoms with E-state index in [9.17, 15) is 4.79 Å². The number of amides is 1. The van der Waals surface area contributed by atoms with Gasteiger partial charge in [-0.1, -0.05) is 35.6 Å². The van der Waals surface area contributed by atoms with E-state index in [0.29, 0.717) is 11.6 Å². The number of rotatable bonds is 6. The Morgan fingerprint density at radius 2 is 2.00 bits per heavy atom. The molecule has 0 bridgehead atoms. The number of nitrogens with zero attached hydrogens (tertiary/aromatic N) is 5. The van der Waals surface area contributed by atoms with Crippen LogP contribution in [0, 0.1) is 0 Å². The van der Waals surface area contributed by atoms with Gasteiger partial charge in [0.15, 0.2) is 5.82 Å². The van der Waals surface area contributed by atoms with E-state index < -0.39 is 0 Å². The number of carbonyl (C=O) groups excluding carboxylic acids is 1. The maximum absolute atomic E-state index is 12.6. The molecule has 1 amide bonds. The summed E-state index contributed by atoms with van der Waals surface area (Å²) >= 11 is 1.38. The molecule has 2 atom stereocenters. The van der Waals surface area contributed by atoms with Crippen molar-refractivity contribution in [2.45, 2.75) is 44.1 Å². The number of benzene rings is 1. The van der Waals surface area contributed by atoms with Crippen molar-refractivity contribution in [1.82, 2.24) is 20.4 Å². The number of nitrogens with one attached hydrogen (secondary N) is 2. The monoisotopic (exact) mass is 435 g/mol. The second-order valence-corrected chi connectivity index (χ2v) is 9.09. The Kier molecular flexibility index (Phi) is 5.75. The first-order valence-corrected chi connectivity index (χ1v) is 11.6. The first kappa shape index (κ1) is 19.9. The lowest BCUT2D eigenvalue weighted by molar-refractivity contribution is -0.116. The Labute approximate surface area is 185 Å². The summed E-state index contributed by atoms with van der Waals surface area (Å²) in [6.07, 6.45) is 6.44. The van der Waals surface area contributed by atoms with Crippen LogP contribution in [0.25, 0.3) is 0 Å². The molecule has 2 aromatic heterocycles. The molecule has 1 aliphatic heterocycles. The average molecular weight is 436 g/mol. The highest BCUT2D eigenvalue weighted by Gasteiger charge is 2.25. The number of carbonyl (C=O) groups is 1. The van der Waals surface area contributed by atoms with Crippen molar-refractivity contribution in [3.05, 3.63) is 53.7 Å². The summed E-state index contributed by atoms with van der Waals surface area (Å²) in [7, 11) is 0. The normalized spacial score (nSPS) is 20.3. The third-order valence-corrected chi connectivity index (χ3v) is 6.76. The number of fused-ring (bicyclic) bond motifs is 1. The zero-order chi connectivity index (χ0) is 21.0. The summed E-state index contributed by atoms with van der Waals surface area (Å²) < 4.78 is 0. The van der Waals surface area contributed by atoms with Gasteiger partial charge in [0.05, 0.1) is 0 Å². The second kappa shape index (κ2) is 8.97. The van der Waals surface area contributed by atoms with E-state index in [0.717, 1.165) is 49.7 Å². The molecule has 9 heteroatoms. The largest absolute Gasteiger partial charge is 0.355 e. The van der Waals surface area contributed by atoms with Gasteiger partial charge in [-0.2, -0.15) is 5.10 Å². The third-order valence-electron chi connectivity index (χ3n) is 5.99. The zero-order valence-electron chi connectivity index (χ0n) is 17.2. The fourth-order valence-corrected chi connectivity index (χ4v) is 5.25. The van der Waals surface area contributed by atoms with Gasteiger partial charge in [-0.15, -0.1) is 15.3 Å². The zero-order valence-corrected chi connectivity index (χ0v) is 18.0. The highest BCUT2D eigenvalue weighted by Crippen LogP contribution is 2.34. The molecule has 2 aliphatic rings. The lowest BCUT2D eigenvalue weighted by Gasteiger charge is -2.24. The number of hydrogen-bond donors (Lipinski definition) is 2. The average Bonchev–Trinajstić information content (AvgIpc) is 3.44. The molecule has 0 radical (unpaired) electrons. The standard InChI is InChI=1S/C22H25N7OS/c30-20(13-16-7-3-6-15-5-1-2-8-18(15)16)25-22-28-27-21(31-22)24-17-10-12-29(14-17)19-9-4-11-23-26-19/h1-2,4-5,8-9,11,16-17H,3,6-7,10,12-14H2,(H,24,27)(H,25,28,30)/t16?,17-/m1/s1. The van der Waals surface area contributed by atoms with E-state index in [2.05, 4.69) is 60.2 Å². The predicted molar refractivity (Wildman–Crippen MR) is 122 cm³/mol. The van der Waals surface area contributed by atoms with Crippen LogP contribution in [0.5, 0.6) is 0 Å². The SMILES string of the molecule is O=C(CC1CCCc2ccccc21)Nc1nnc(N[C@@H]2CCN(c3cccnn3)C2)s1. The van der Waals surface area contributed by atoms with Gasteiger partial charge >= 0.3 is 0 Å². The van der Waals surface area contributed by atoms with Crippen molar-refractivity contribution in [1.29, 1.82) is 0 Å². The second-order valence-electron chi connectivity index (χ2n) is 8.11. The fraction of sp³-hybridized carbons (Fsp3) is 0.409. The molecule has 2 N–H and O–H groups in total. The van der Waals surface area contributed by atoms with Crippen LogP contribution in [-0.4, -0.2) is 45.4 Å². The van der Waals surface area contributed by atoms with Crippen molar-refractivity contribution in [3.63, 3.8) is 0 Å². The van der Waals surface area contributed by atoms with Crippen molar-refractivity contribution in [2.75, 3.05) is 28.6 Å². The molecule has 31 heavy (non-hydrogen) atoms. The maximum atomic E-state index is 12.6. The van der Waals surface area contributed by atoms with Crippen LogP contribution in [0.3, 0.4) is 0 Å². The van der Waals surface area contributed by atoms with Gasteiger partial charge in [-0.3, -0.25) is 4.79 Å². The molecule has 0 saturated carbocycles. The molecule has 5 rings (SSSR count). The number of aromatic nitrogens is 4. The van der Waals surface area contributed by atoms with Gasteiger partial charge in [0.2, 0.25) is 16.2 Å². The van der Waals surface area contributed by atoms with Crippen molar-refractivity contribution in [3.8, 4) is 0 Å². The summed E-state index contributed by atoms with van der Waals surface area (Å²) in [5.74, 6) is 1.17. The maximum Gasteiger partial charge on any atom is 0.226 e. The smallest absolute Gasteiger partial charge is 0.226 e. The number of anilines is 3. The van der Waals surface area contributed by atoms with E-state index in [1.165, 1.54) is 22.5 Å². The number of aryl methyl sites for hydroxylation is 1. The Morgan fingerprint density at radius 3 is 2.90 bits per heavy atom. The van der Waals surface area contributed by atoms with E-state index in [1.54, 1.807) is 6.20 Å². The first-order valence-electron chi connectivity index (χ1n) is 10.7. The van der Waals surface area contributed by atoms with Gasteiger partial charge in [-0.25, -0.2) is 0 Å². The topological polar surface area (TPSA) is 95.9 Å². The molecule has 1 aromatic carbocycles. The summed E-state index contributed by atoms with van der Waals surface area (Å²) in [5, 5.41) is 24.1. The minimum atomic E-state index is -0.000837. The first-order chi connectivity index (χ1) is 15.2. The molecular weight excluding hydrogens is 410 g/mol. The molecule has 8 nitrogen and oxygen atoms in total. The minimum absolute atomic E-state index is 0.000837. The van der Waals surface area contributed by atoms with Gasteiger partial charge < -0.3 is 15.5 Å². The van der Waals surface area contributed by atoms with Gasteiger partial charge in [0.1, 0.15) is 0 Å². The Bertz CT molecular complexity index is 1040. The van der Waals surface area contributed by atoms with Crippen LogP contribution >= 0.6 is 11.3 Å². The predicted octanol–water partition coefficient (Wildman–Crippen LogP) is 3.47. The van der Waals surface area contributed by atoms with Gasteiger partial charge in [0, 0.05) is 31.7 Å². The Balaban J connectivity index is 1.14. The van der Waals surface area contributed by atoms with Crippen LogP contribution in [0.1, 0.15) is 42.7 Å². The van der Waals surface area contributed by atoms with Crippen LogP contribution < -0.4 is 15.5 Å². The van der Waals surface area contributed by atoms with E-state index >= 15 is 0 Å². The van der Waals surface area contributed by atoms with Crippen molar-refractivity contribution in [2.24, 2.45) is 0 Å².